The maximum absolute atomic E-state index is 13.8. The minimum Gasteiger partial charge on any atom is -0.355 e. The molecule has 0 radical (unpaired) electrons. The van der Waals surface area contributed by atoms with Gasteiger partial charge in [-0.3, -0.25) is 24.4 Å². The number of benzene rings is 1. The number of hydrogen-bond donors (Lipinski definition) is 2. The first-order valence-corrected chi connectivity index (χ1v) is 13.7. The van der Waals surface area contributed by atoms with E-state index in [1.165, 1.54) is 12.1 Å². The fourth-order valence-corrected chi connectivity index (χ4v) is 5.92. The van der Waals surface area contributed by atoms with Gasteiger partial charge < -0.3 is 15.5 Å². The van der Waals surface area contributed by atoms with Crippen LogP contribution in [0.5, 0.6) is 0 Å². The number of aromatic nitrogens is 1. The fourth-order valence-electron chi connectivity index (χ4n) is 5.92. The summed E-state index contributed by atoms with van der Waals surface area (Å²) in [6, 6.07) is 9.03. The van der Waals surface area contributed by atoms with Crippen LogP contribution in [0, 0.1) is 5.82 Å². The third kappa shape index (κ3) is 6.06. The summed E-state index contributed by atoms with van der Waals surface area (Å²) in [4.78, 5) is 37.1. The molecule has 0 saturated carbocycles. The first kappa shape index (κ1) is 26.7. The highest BCUT2D eigenvalue weighted by atomic mass is 19.1. The SMILES string of the molecule is C[C@@H]1CN(CC(=O)N2CC(C)(C)c3ncc(Cc4ccc(F)cc4)cc32)[C@@H](CN2CCCNC(=O)C2)CN1. The van der Waals surface area contributed by atoms with Crippen LogP contribution in [0.4, 0.5) is 10.1 Å². The number of rotatable bonds is 6. The number of hydrogen-bond acceptors (Lipinski definition) is 6. The van der Waals surface area contributed by atoms with Gasteiger partial charge in [0, 0.05) is 63.0 Å². The molecule has 2 N–H and O–H groups in total. The molecule has 38 heavy (non-hydrogen) atoms. The summed E-state index contributed by atoms with van der Waals surface area (Å²) in [5.74, 6) is -0.105. The highest BCUT2D eigenvalue weighted by Crippen LogP contribution is 2.39. The smallest absolute Gasteiger partial charge is 0.241 e. The molecule has 3 aliphatic rings. The largest absolute Gasteiger partial charge is 0.355 e. The number of fused-ring (bicyclic) bond motifs is 1. The molecule has 0 aliphatic carbocycles. The number of amides is 2. The Balaban J connectivity index is 1.32. The Labute approximate surface area is 224 Å². The van der Waals surface area contributed by atoms with Crippen LogP contribution in [0.2, 0.25) is 0 Å². The van der Waals surface area contributed by atoms with E-state index in [1.807, 2.05) is 11.1 Å². The second-order valence-electron chi connectivity index (χ2n) is 11.7. The zero-order valence-electron chi connectivity index (χ0n) is 22.7. The van der Waals surface area contributed by atoms with E-state index < -0.39 is 0 Å². The van der Waals surface area contributed by atoms with Gasteiger partial charge in [-0.2, -0.15) is 0 Å². The van der Waals surface area contributed by atoms with E-state index >= 15 is 0 Å². The summed E-state index contributed by atoms with van der Waals surface area (Å²) in [6.45, 7) is 11.7. The van der Waals surface area contributed by atoms with Crippen molar-refractivity contribution in [2.75, 3.05) is 57.3 Å². The maximum atomic E-state index is 13.8. The average molecular weight is 523 g/mol. The van der Waals surface area contributed by atoms with Crippen molar-refractivity contribution in [1.29, 1.82) is 0 Å². The highest BCUT2D eigenvalue weighted by molar-refractivity contribution is 5.97. The maximum Gasteiger partial charge on any atom is 0.241 e. The number of carbonyl (C=O) groups is 2. The van der Waals surface area contributed by atoms with Gasteiger partial charge in [0.15, 0.2) is 0 Å². The molecule has 0 unspecified atom stereocenters. The van der Waals surface area contributed by atoms with Gasteiger partial charge in [-0.1, -0.05) is 26.0 Å². The van der Waals surface area contributed by atoms with E-state index in [4.69, 9.17) is 4.98 Å². The summed E-state index contributed by atoms with van der Waals surface area (Å²) in [6.07, 6.45) is 3.45. The van der Waals surface area contributed by atoms with Crippen molar-refractivity contribution in [3.63, 3.8) is 0 Å². The van der Waals surface area contributed by atoms with Gasteiger partial charge in [-0.05, 0) is 49.1 Å². The zero-order chi connectivity index (χ0) is 26.9. The van der Waals surface area contributed by atoms with Gasteiger partial charge in [0.05, 0.1) is 24.5 Å². The minimum absolute atomic E-state index is 0.0714. The van der Waals surface area contributed by atoms with Crippen molar-refractivity contribution in [1.82, 2.24) is 25.4 Å². The van der Waals surface area contributed by atoms with Gasteiger partial charge in [-0.15, -0.1) is 0 Å². The summed E-state index contributed by atoms with van der Waals surface area (Å²) in [5.41, 5.74) is 3.58. The Morgan fingerprint density at radius 2 is 2.00 bits per heavy atom. The van der Waals surface area contributed by atoms with Crippen LogP contribution in [0.15, 0.2) is 36.5 Å². The summed E-state index contributed by atoms with van der Waals surface area (Å²) in [7, 11) is 0. The number of pyridine rings is 1. The van der Waals surface area contributed by atoms with E-state index in [1.54, 1.807) is 12.1 Å². The second-order valence-corrected chi connectivity index (χ2v) is 11.7. The normalized spacial score (nSPS) is 24.1. The summed E-state index contributed by atoms with van der Waals surface area (Å²) >= 11 is 0. The predicted octanol–water partition coefficient (Wildman–Crippen LogP) is 1.92. The molecule has 0 spiro atoms. The average Bonchev–Trinajstić information content (AvgIpc) is 2.99. The lowest BCUT2D eigenvalue weighted by Crippen LogP contribution is -2.61. The highest BCUT2D eigenvalue weighted by Gasteiger charge is 2.40. The van der Waals surface area contributed by atoms with Crippen LogP contribution in [0.1, 0.15) is 44.0 Å². The van der Waals surface area contributed by atoms with Crippen molar-refractivity contribution < 1.29 is 14.0 Å². The van der Waals surface area contributed by atoms with Gasteiger partial charge in [0.25, 0.3) is 0 Å². The molecule has 204 valence electrons. The number of halogens is 1. The van der Waals surface area contributed by atoms with Gasteiger partial charge in [0.2, 0.25) is 11.8 Å². The molecule has 3 aliphatic heterocycles. The zero-order valence-corrected chi connectivity index (χ0v) is 22.7. The molecule has 2 atom stereocenters. The molecular weight excluding hydrogens is 483 g/mol. The molecule has 1 aromatic carbocycles. The molecule has 5 rings (SSSR count). The van der Waals surface area contributed by atoms with E-state index in [0.29, 0.717) is 26.1 Å². The number of piperazine rings is 1. The standard InChI is InChI=1S/C29H39FN6O2/c1-20-15-35(24(14-32-20)16-34-10-4-9-31-26(37)17-34)18-27(38)36-19-29(2,3)28-25(36)12-22(13-33-28)11-21-5-7-23(30)8-6-21/h5-8,12-13,20,24,32H,4,9-11,14-19H2,1-3H3,(H,31,37)/t20-,24-/m1/s1. The predicted molar refractivity (Wildman–Crippen MR) is 146 cm³/mol. The quantitative estimate of drug-likeness (QED) is 0.604. The van der Waals surface area contributed by atoms with Crippen molar-refractivity contribution >= 4 is 17.5 Å². The number of nitrogens with one attached hydrogen (secondary N) is 2. The number of nitrogens with zero attached hydrogens (tertiary/aromatic N) is 4. The molecule has 2 fully saturated rings. The third-order valence-electron chi connectivity index (χ3n) is 7.91. The number of carbonyl (C=O) groups excluding carboxylic acids is 2. The molecule has 8 nitrogen and oxygen atoms in total. The molecule has 0 bridgehead atoms. The van der Waals surface area contributed by atoms with E-state index in [-0.39, 0.29) is 35.1 Å². The lowest BCUT2D eigenvalue weighted by molar-refractivity contribution is -0.123. The Morgan fingerprint density at radius 1 is 1.21 bits per heavy atom. The van der Waals surface area contributed by atoms with Crippen LogP contribution in [0.3, 0.4) is 0 Å². The molecule has 2 amide bonds. The Kier molecular flexibility index (Phi) is 7.79. The van der Waals surface area contributed by atoms with Crippen molar-refractivity contribution in [2.45, 2.75) is 51.1 Å². The third-order valence-corrected chi connectivity index (χ3v) is 7.91. The van der Waals surface area contributed by atoms with E-state index in [9.17, 15) is 14.0 Å². The van der Waals surface area contributed by atoms with Crippen LogP contribution in [0.25, 0.3) is 0 Å². The van der Waals surface area contributed by atoms with Crippen molar-refractivity contribution in [3.05, 3.63) is 59.2 Å². The Hall–Kier alpha value is -2.88. The Morgan fingerprint density at radius 3 is 2.79 bits per heavy atom. The molecule has 1 aromatic heterocycles. The summed E-state index contributed by atoms with van der Waals surface area (Å²) < 4.78 is 13.4. The van der Waals surface area contributed by atoms with Crippen LogP contribution in [-0.2, 0) is 21.4 Å². The molecule has 2 aromatic rings. The van der Waals surface area contributed by atoms with Gasteiger partial charge in [-0.25, -0.2) is 4.39 Å². The van der Waals surface area contributed by atoms with Gasteiger partial charge >= 0.3 is 0 Å². The van der Waals surface area contributed by atoms with E-state index in [2.05, 4.69) is 47.3 Å². The van der Waals surface area contributed by atoms with Crippen molar-refractivity contribution in [3.8, 4) is 0 Å². The van der Waals surface area contributed by atoms with E-state index in [0.717, 1.165) is 61.7 Å². The molecular formula is C29H39FN6O2. The first-order valence-electron chi connectivity index (χ1n) is 13.7. The van der Waals surface area contributed by atoms with Gasteiger partial charge in [0.1, 0.15) is 5.82 Å². The second kappa shape index (κ2) is 11.1. The summed E-state index contributed by atoms with van der Waals surface area (Å²) in [5, 5.41) is 6.50. The van der Waals surface area contributed by atoms with Crippen LogP contribution >= 0.6 is 0 Å². The topological polar surface area (TPSA) is 80.8 Å². The molecule has 9 heteroatoms. The van der Waals surface area contributed by atoms with Crippen LogP contribution < -0.4 is 15.5 Å². The van der Waals surface area contributed by atoms with Crippen LogP contribution in [-0.4, -0.2) is 91.0 Å². The monoisotopic (exact) mass is 522 g/mol. The first-order chi connectivity index (χ1) is 18.2. The Bertz CT molecular complexity index is 1170. The van der Waals surface area contributed by atoms with Crippen molar-refractivity contribution in [2.24, 2.45) is 0 Å². The lowest BCUT2D eigenvalue weighted by atomic mass is 9.91. The molecule has 4 heterocycles. The number of anilines is 1. The lowest BCUT2D eigenvalue weighted by Gasteiger charge is -2.41. The fraction of sp³-hybridized carbons (Fsp3) is 0.552. The molecule has 2 saturated heterocycles. The minimum atomic E-state index is -0.251.